The standard InChI is InChI=1S/C14H15ClFN3/c1-9-2-3-10(8-18-9)14(19-17)7-11-6-12(16)4-5-13(11)15/h2-6,8,14,19H,7,17H2,1H3. The number of nitrogens with zero attached hydrogens (tertiary/aromatic N) is 1. The molecule has 0 aliphatic carbocycles. The summed E-state index contributed by atoms with van der Waals surface area (Å²) in [7, 11) is 0. The molecule has 0 spiro atoms. The van der Waals surface area contributed by atoms with E-state index in [-0.39, 0.29) is 11.9 Å². The van der Waals surface area contributed by atoms with E-state index in [4.69, 9.17) is 17.4 Å². The Bertz CT molecular complexity index is 557. The van der Waals surface area contributed by atoms with Gasteiger partial charge in [-0.25, -0.2) is 4.39 Å². The van der Waals surface area contributed by atoms with Gasteiger partial charge in [-0.2, -0.15) is 0 Å². The number of pyridine rings is 1. The van der Waals surface area contributed by atoms with Crippen molar-refractivity contribution < 1.29 is 4.39 Å². The number of rotatable bonds is 4. The second-order valence-electron chi connectivity index (χ2n) is 4.39. The zero-order valence-electron chi connectivity index (χ0n) is 10.5. The molecule has 0 radical (unpaired) electrons. The second kappa shape index (κ2) is 6.10. The molecule has 2 rings (SSSR count). The molecule has 5 heteroatoms. The second-order valence-corrected chi connectivity index (χ2v) is 4.80. The van der Waals surface area contributed by atoms with E-state index < -0.39 is 0 Å². The Morgan fingerprint density at radius 3 is 2.79 bits per heavy atom. The van der Waals surface area contributed by atoms with Gasteiger partial charge in [0.1, 0.15) is 5.82 Å². The van der Waals surface area contributed by atoms with Gasteiger partial charge >= 0.3 is 0 Å². The topological polar surface area (TPSA) is 50.9 Å². The minimum atomic E-state index is -0.308. The molecule has 3 nitrogen and oxygen atoms in total. The van der Waals surface area contributed by atoms with E-state index in [1.54, 1.807) is 12.3 Å². The molecule has 0 aliphatic rings. The SMILES string of the molecule is Cc1ccc(C(Cc2cc(F)ccc2Cl)NN)cn1. The van der Waals surface area contributed by atoms with Gasteiger partial charge < -0.3 is 0 Å². The zero-order chi connectivity index (χ0) is 13.8. The Kier molecular flexibility index (Phi) is 4.47. The largest absolute Gasteiger partial charge is 0.271 e. The molecule has 1 aromatic carbocycles. The number of nitrogens with two attached hydrogens (primary N) is 1. The number of hydrazine groups is 1. The van der Waals surface area contributed by atoms with Crippen LogP contribution in [0.25, 0.3) is 0 Å². The molecule has 0 amide bonds. The molecule has 0 aliphatic heterocycles. The van der Waals surface area contributed by atoms with E-state index in [1.807, 2.05) is 19.1 Å². The Morgan fingerprint density at radius 1 is 1.37 bits per heavy atom. The van der Waals surface area contributed by atoms with Crippen LogP contribution in [0, 0.1) is 12.7 Å². The van der Waals surface area contributed by atoms with Crippen molar-refractivity contribution >= 4 is 11.6 Å². The van der Waals surface area contributed by atoms with Crippen LogP contribution in [0.1, 0.15) is 22.9 Å². The van der Waals surface area contributed by atoms with Crippen LogP contribution in [0.4, 0.5) is 4.39 Å². The number of hydrogen-bond donors (Lipinski definition) is 2. The fraction of sp³-hybridized carbons (Fsp3) is 0.214. The number of halogens is 2. The van der Waals surface area contributed by atoms with E-state index in [2.05, 4.69) is 10.4 Å². The third-order valence-electron chi connectivity index (χ3n) is 2.97. The van der Waals surface area contributed by atoms with Crippen LogP contribution in [-0.2, 0) is 6.42 Å². The summed E-state index contributed by atoms with van der Waals surface area (Å²) in [5.41, 5.74) is 5.30. The summed E-state index contributed by atoms with van der Waals surface area (Å²) in [6.07, 6.45) is 2.25. The molecule has 1 heterocycles. The first-order chi connectivity index (χ1) is 9.10. The molecule has 2 aromatic rings. The lowest BCUT2D eigenvalue weighted by molar-refractivity contribution is 0.547. The first kappa shape index (κ1) is 13.9. The molecule has 0 fully saturated rings. The van der Waals surface area contributed by atoms with Crippen LogP contribution in [-0.4, -0.2) is 4.98 Å². The van der Waals surface area contributed by atoms with Gasteiger partial charge in [-0.3, -0.25) is 16.3 Å². The summed E-state index contributed by atoms with van der Waals surface area (Å²) in [5, 5.41) is 0.529. The molecule has 100 valence electrons. The van der Waals surface area contributed by atoms with Gasteiger partial charge in [0, 0.05) is 16.9 Å². The summed E-state index contributed by atoms with van der Waals surface area (Å²) in [6.45, 7) is 1.91. The molecular weight excluding hydrogens is 265 g/mol. The number of nitrogens with one attached hydrogen (secondary N) is 1. The van der Waals surface area contributed by atoms with Gasteiger partial charge in [0.05, 0.1) is 6.04 Å². The van der Waals surface area contributed by atoms with Crippen LogP contribution in [0.15, 0.2) is 36.5 Å². The third kappa shape index (κ3) is 3.50. The average Bonchev–Trinajstić information content (AvgIpc) is 2.41. The first-order valence-corrected chi connectivity index (χ1v) is 6.30. The lowest BCUT2D eigenvalue weighted by Gasteiger charge is -2.17. The monoisotopic (exact) mass is 279 g/mol. The average molecular weight is 280 g/mol. The minimum Gasteiger partial charge on any atom is -0.271 e. The van der Waals surface area contributed by atoms with E-state index in [9.17, 15) is 4.39 Å². The molecule has 1 unspecified atom stereocenters. The van der Waals surface area contributed by atoms with Crippen LogP contribution in [0.5, 0.6) is 0 Å². The normalized spacial score (nSPS) is 12.4. The van der Waals surface area contributed by atoms with Gasteiger partial charge in [-0.05, 0) is 48.7 Å². The van der Waals surface area contributed by atoms with E-state index in [0.29, 0.717) is 17.0 Å². The maximum atomic E-state index is 13.2. The molecule has 0 saturated carbocycles. The van der Waals surface area contributed by atoms with E-state index >= 15 is 0 Å². The highest BCUT2D eigenvalue weighted by Gasteiger charge is 2.13. The summed E-state index contributed by atoms with van der Waals surface area (Å²) in [4.78, 5) is 4.23. The molecular formula is C14H15ClFN3. The molecule has 1 atom stereocenters. The van der Waals surface area contributed by atoms with E-state index in [0.717, 1.165) is 11.3 Å². The van der Waals surface area contributed by atoms with Gasteiger partial charge in [0.2, 0.25) is 0 Å². The van der Waals surface area contributed by atoms with Crippen molar-refractivity contribution in [2.75, 3.05) is 0 Å². The molecule has 0 bridgehead atoms. The van der Waals surface area contributed by atoms with Crippen molar-refractivity contribution in [1.82, 2.24) is 10.4 Å². The fourth-order valence-corrected chi connectivity index (χ4v) is 2.07. The highest BCUT2D eigenvalue weighted by molar-refractivity contribution is 6.31. The number of benzene rings is 1. The van der Waals surface area contributed by atoms with Gasteiger partial charge in [0.25, 0.3) is 0 Å². The fourth-order valence-electron chi connectivity index (χ4n) is 1.88. The Hall–Kier alpha value is -1.49. The molecule has 19 heavy (non-hydrogen) atoms. The molecule has 1 aromatic heterocycles. The Labute approximate surface area is 116 Å². The van der Waals surface area contributed by atoms with Crippen LogP contribution in [0.3, 0.4) is 0 Å². The zero-order valence-corrected chi connectivity index (χ0v) is 11.3. The smallest absolute Gasteiger partial charge is 0.123 e. The van der Waals surface area contributed by atoms with Crippen molar-refractivity contribution in [2.45, 2.75) is 19.4 Å². The lowest BCUT2D eigenvalue weighted by Crippen LogP contribution is -2.29. The third-order valence-corrected chi connectivity index (χ3v) is 3.34. The number of hydrogen-bond acceptors (Lipinski definition) is 3. The van der Waals surface area contributed by atoms with Crippen LogP contribution in [0.2, 0.25) is 5.02 Å². The van der Waals surface area contributed by atoms with Crippen LogP contribution < -0.4 is 11.3 Å². The van der Waals surface area contributed by atoms with Crippen molar-refractivity contribution in [3.05, 3.63) is 64.2 Å². The van der Waals surface area contributed by atoms with Crippen molar-refractivity contribution in [2.24, 2.45) is 5.84 Å². The minimum absolute atomic E-state index is 0.160. The van der Waals surface area contributed by atoms with Crippen molar-refractivity contribution in [3.8, 4) is 0 Å². The highest BCUT2D eigenvalue weighted by atomic mass is 35.5. The summed E-state index contributed by atoms with van der Waals surface area (Å²) in [5.74, 6) is 5.26. The van der Waals surface area contributed by atoms with Gasteiger partial charge in [-0.15, -0.1) is 0 Å². The maximum Gasteiger partial charge on any atom is 0.123 e. The van der Waals surface area contributed by atoms with Gasteiger partial charge in [-0.1, -0.05) is 17.7 Å². The van der Waals surface area contributed by atoms with Crippen molar-refractivity contribution in [3.63, 3.8) is 0 Å². The predicted molar refractivity (Wildman–Crippen MR) is 74.2 cm³/mol. The highest BCUT2D eigenvalue weighted by Crippen LogP contribution is 2.23. The first-order valence-electron chi connectivity index (χ1n) is 5.92. The maximum absolute atomic E-state index is 13.2. The summed E-state index contributed by atoms with van der Waals surface area (Å²) in [6, 6.07) is 8.01. The van der Waals surface area contributed by atoms with E-state index in [1.165, 1.54) is 12.1 Å². The number of aryl methyl sites for hydroxylation is 1. The van der Waals surface area contributed by atoms with Gasteiger partial charge in [0.15, 0.2) is 0 Å². The molecule has 3 N–H and O–H groups in total. The Balaban J connectivity index is 2.23. The summed E-state index contributed by atoms with van der Waals surface area (Å²) >= 11 is 6.06. The van der Waals surface area contributed by atoms with Crippen molar-refractivity contribution in [1.29, 1.82) is 0 Å². The lowest BCUT2D eigenvalue weighted by atomic mass is 10.0. The number of aromatic nitrogens is 1. The quantitative estimate of drug-likeness (QED) is 0.668. The Morgan fingerprint density at radius 2 is 2.16 bits per heavy atom. The molecule has 0 saturated heterocycles. The summed E-state index contributed by atoms with van der Waals surface area (Å²) < 4.78 is 13.2. The predicted octanol–water partition coefficient (Wildman–Crippen LogP) is 2.93. The van der Waals surface area contributed by atoms with Crippen LogP contribution >= 0.6 is 11.6 Å².